The molecule has 0 aromatic carbocycles. The predicted molar refractivity (Wildman–Crippen MR) is 70.9 cm³/mol. The first kappa shape index (κ1) is 12.4. The molecule has 0 radical (unpaired) electrons. The third-order valence-electron chi connectivity index (χ3n) is 2.15. The largest absolute Gasteiger partial charge is 0.288 e. The standard InChI is InChI=1S/C11H8Cl2N2OS/c1-15-8(7(12)6-14-15)2-3-9(16)10-4-5-11(13)17-10/h2-6H,1H3/b3-2+. The molecule has 0 atom stereocenters. The van der Waals surface area contributed by atoms with Crippen LogP contribution in [0, 0.1) is 0 Å². The van der Waals surface area contributed by atoms with Crippen LogP contribution in [0.5, 0.6) is 0 Å². The molecule has 6 heteroatoms. The lowest BCUT2D eigenvalue weighted by Gasteiger charge is -1.94. The van der Waals surface area contributed by atoms with Gasteiger partial charge < -0.3 is 0 Å². The van der Waals surface area contributed by atoms with Gasteiger partial charge in [-0.3, -0.25) is 9.48 Å². The molecule has 88 valence electrons. The number of carbonyl (C=O) groups is 1. The van der Waals surface area contributed by atoms with E-state index in [-0.39, 0.29) is 5.78 Å². The van der Waals surface area contributed by atoms with Gasteiger partial charge in [0.15, 0.2) is 5.78 Å². The summed E-state index contributed by atoms with van der Waals surface area (Å²) in [4.78, 5) is 12.4. The Bertz CT molecular complexity index is 567. The van der Waals surface area contributed by atoms with E-state index in [2.05, 4.69) is 5.10 Å². The number of allylic oxidation sites excluding steroid dienone is 1. The summed E-state index contributed by atoms with van der Waals surface area (Å²) in [6.45, 7) is 0. The van der Waals surface area contributed by atoms with Crippen LogP contribution in [0.15, 0.2) is 24.4 Å². The van der Waals surface area contributed by atoms with Crippen molar-refractivity contribution >= 4 is 46.4 Å². The molecule has 2 heterocycles. The second-order valence-corrected chi connectivity index (χ2v) is 5.42. The highest BCUT2D eigenvalue weighted by Crippen LogP contribution is 2.22. The van der Waals surface area contributed by atoms with E-state index in [0.29, 0.717) is 19.9 Å². The second-order valence-electron chi connectivity index (χ2n) is 3.30. The van der Waals surface area contributed by atoms with Crippen LogP contribution in [0.1, 0.15) is 15.4 Å². The topological polar surface area (TPSA) is 34.9 Å². The van der Waals surface area contributed by atoms with Gasteiger partial charge in [0.1, 0.15) is 0 Å². The Morgan fingerprint density at radius 2 is 2.24 bits per heavy atom. The molecular weight excluding hydrogens is 279 g/mol. The Morgan fingerprint density at radius 3 is 2.76 bits per heavy atom. The molecule has 0 amide bonds. The number of hydrogen-bond donors (Lipinski definition) is 0. The smallest absolute Gasteiger partial charge is 0.195 e. The molecule has 2 aromatic heterocycles. The average molecular weight is 287 g/mol. The first-order chi connectivity index (χ1) is 8.08. The van der Waals surface area contributed by atoms with E-state index in [4.69, 9.17) is 23.2 Å². The van der Waals surface area contributed by atoms with Crippen molar-refractivity contribution < 1.29 is 4.79 Å². The number of carbonyl (C=O) groups excluding carboxylic acids is 1. The van der Waals surface area contributed by atoms with Gasteiger partial charge in [-0.2, -0.15) is 5.10 Å². The number of thiophene rings is 1. The van der Waals surface area contributed by atoms with Crippen molar-refractivity contribution in [3.63, 3.8) is 0 Å². The van der Waals surface area contributed by atoms with E-state index in [1.54, 1.807) is 29.9 Å². The van der Waals surface area contributed by atoms with Gasteiger partial charge in [-0.25, -0.2) is 0 Å². The molecule has 0 aliphatic carbocycles. The fraction of sp³-hybridized carbons (Fsp3) is 0.0909. The molecule has 0 saturated carbocycles. The zero-order chi connectivity index (χ0) is 12.4. The zero-order valence-electron chi connectivity index (χ0n) is 8.85. The molecule has 2 aromatic rings. The van der Waals surface area contributed by atoms with Crippen molar-refractivity contribution in [2.75, 3.05) is 0 Å². The number of nitrogens with zero attached hydrogens (tertiary/aromatic N) is 2. The van der Waals surface area contributed by atoms with Gasteiger partial charge >= 0.3 is 0 Å². The highest BCUT2D eigenvalue weighted by Gasteiger charge is 2.07. The SMILES string of the molecule is Cn1ncc(Cl)c1/C=C/C(=O)c1ccc(Cl)s1. The van der Waals surface area contributed by atoms with E-state index in [0.717, 1.165) is 0 Å². The number of ketones is 1. The Labute approximate surface area is 112 Å². The lowest BCUT2D eigenvalue weighted by Crippen LogP contribution is -1.94. The van der Waals surface area contributed by atoms with Crippen LogP contribution < -0.4 is 0 Å². The summed E-state index contributed by atoms with van der Waals surface area (Å²) in [6, 6.07) is 3.40. The van der Waals surface area contributed by atoms with Crippen LogP contribution in [-0.4, -0.2) is 15.6 Å². The molecule has 0 unspecified atom stereocenters. The van der Waals surface area contributed by atoms with Crippen LogP contribution in [0.25, 0.3) is 6.08 Å². The van der Waals surface area contributed by atoms with Crippen molar-refractivity contribution in [1.29, 1.82) is 0 Å². The lowest BCUT2D eigenvalue weighted by atomic mass is 10.2. The lowest BCUT2D eigenvalue weighted by molar-refractivity contribution is 0.105. The summed E-state index contributed by atoms with van der Waals surface area (Å²) in [7, 11) is 1.76. The van der Waals surface area contributed by atoms with Crippen LogP contribution in [-0.2, 0) is 7.05 Å². The van der Waals surface area contributed by atoms with Crippen molar-refractivity contribution in [1.82, 2.24) is 9.78 Å². The maximum Gasteiger partial charge on any atom is 0.195 e. The third kappa shape index (κ3) is 2.77. The van der Waals surface area contributed by atoms with Gasteiger partial charge in [0.2, 0.25) is 0 Å². The Hall–Kier alpha value is -1.10. The van der Waals surface area contributed by atoms with Gasteiger partial charge in [0.05, 0.1) is 26.1 Å². The number of hydrogen-bond acceptors (Lipinski definition) is 3. The van der Waals surface area contributed by atoms with Crippen LogP contribution in [0.4, 0.5) is 0 Å². The summed E-state index contributed by atoms with van der Waals surface area (Å²) >= 11 is 12.9. The number of halogens is 2. The fourth-order valence-electron chi connectivity index (χ4n) is 1.29. The molecule has 0 fully saturated rings. The summed E-state index contributed by atoms with van der Waals surface area (Å²) in [6.07, 6.45) is 4.64. The monoisotopic (exact) mass is 286 g/mol. The molecule has 17 heavy (non-hydrogen) atoms. The molecule has 0 aliphatic rings. The van der Waals surface area contributed by atoms with Crippen molar-refractivity contribution in [3.05, 3.63) is 44.3 Å². The van der Waals surface area contributed by atoms with E-state index < -0.39 is 0 Å². The molecule has 0 aliphatic heterocycles. The van der Waals surface area contributed by atoms with Crippen LogP contribution in [0.3, 0.4) is 0 Å². The van der Waals surface area contributed by atoms with Crippen molar-refractivity contribution in [2.45, 2.75) is 0 Å². The molecule has 2 rings (SSSR count). The minimum absolute atomic E-state index is 0.0980. The molecule has 0 saturated heterocycles. The van der Waals surface area contributed by atoms with Gasteiger partial charge in [-0.15, -0.1) is 11.3 Å². The summed E-state index contributed by atoms with van der Waals surface area (Å²) in [5.41, 5.74) is 0.697. The first-order valence-corrected chi connectivity index (χ1v) is 6.30. The summed E-state index contributed by atoms with van der Waals surface area (Å²) < 4.78 is 2.20. The second kappa shape index (κ2) is 5.04. The van der Waals surface area contributed by atoms with E-state index >= 15 is 0 Å². The number of aromatic nitrogens is 2. The van der Waals surface area contributed by atoms with Crippen molar-refractivity contribution in [3.8, 4) is 0 Å². The van der Waals surface area contributed by atoms with E-state index in [1.807, 2.05) is 0 Å². The average Bonchev–Trinajstić information content (AvgIpc) is 2.84. The van der Waals surface area contributed by atoms with Crippen molar-refractivity contribution in [2.24, 2.45) is 7.05 Å². The number of rotatable bonds is 3. The first-order valence-electron chi connectivity index (χ1n) is 4.73. The van der Waals surface area contributed by atoms with E-state index in [9.17, 15) is 4.79 Å². The predicted octanol–water partition coefficient (Wildman–Crippen LogP) is 3.68. The molecular formula is C11H8Cl2N2OS. The van der Waals surface area contributed by atoms with Crippen LogP contribution >= 0.6 is 34.5 Å². The highest BCUT2D eigenvalue weighted by atomic mass is 35.5. The minimum Gasteiger partial charge on any atom is -0.288 e. The summed E-state index contributed by atoms with van der Waals surface area (Å²) in [5, 5.41) is 4.49. The van der Waals surface area contributed by atoms with Gasteiger partial charge in [0, 0.05) is 7.05 Å². The van der Waals surface area contributed by atoms with Gasteiger partial charge in [-0.05, 0) is 24.3 Å². The van der Waals surface area contributed by atoms with Gasteiger partial charge in [-0.1, -0.05) is 23.2 Å². The fourth-order valence-corrected chi connectivity index (χ4v) is 2.48. The maximum absolute atomic E-state index is 11.8. The molecule has 0 bridgehead atoms. The molecule has 0 N–H and O–H groups in total. The molecule has 3 nitrogen and oxygen atoms in total. The van der Waals surface area contributed by atoms with Crippen LogP contribution in [0.2, 0.25) is 9.36 Å². The Kier molecular flexibility index (Phi) is 3.66. The summed E-state index contributed by atoms with van der Waals surface area (Å²) in [5.74, 6) is -0.0980. The van der Waals surface area contributed by atoms with Gasteiger partial charge in [0.25, 0.3) is 0 Å². The van der Waals surface area contributed by atoms with E-state index in [1.165, 1.54) is 23.6 Å². The minimum atomic E-state index is -0.0980. The Morgan fingerprint density at radius 1 is 1.47 bits per heavy atom. The maximum atomic E-state index is 11.8. The normalized spacial score (nSPS) is 11.2. The molecule has 0 spiro atoms. The highest BCUT2D eigenvalue weighted by molar-refractivity contribution is 7.18. The quantitative estimate of drug-likeness (QED) is 0.637. The zero-order valence-corrected chi connectivity index (χ0v) is 11.2. The number of aryl methyl sites for hydroxylation is 1. The Balaban J connectivity index is 2.19. The third-order valence-corrected chi connectivity index (χ3v) is 3.68.